The lowest BCUT2D eigenvalue weighted by molar-refractivity contribution is -0.131. The molecule has 0 saturated carbocycles. The highest BCUT2D eigenvalue weighted by atomic mass is 16.5. The zero-order valence-corrected chi connectivity index (χ0v) is 16.7. The molecule has 7 heteroatoms. The first-order valence-electron chi connectivity index (χ1n) is 9.29. The van der Waals surface area contributed by atoms with Gasteiger partial charge in [0.1, 0.15) is 11.3 Å². The van der Waals surface area contributed by atoms with E-state index in [2.05, 4.69) is 10.5 Å². The minimum Gasteiger partial charge on any atom is -0.427 e. The molecule has 3 aromatic rings. The Morgan fingerprint density at radius 2 is 1.87 bits per heavy atom. The Morgan fingerprint density at radius 1 is 1.10 bits per heavy atom. The van der Waals surface area contributed by atoms with Crippen molar-refractivity contribution in [3.8, 4) is 5.75 Å². The van der Waals surface area contributed by atoms with Crippen molar-refractivity contribution < 1.29 is 14.3 Å². The molecule has 1 aromatic heterocycles. The van der Waals surface area contributed by atoms with Crippen LogP contribution in [0, 0.1) is 6.92 Å². The van der Waals surface area contributed by atoms with E-state index in [1.807, 2.05) is 31.2 Å². The van der Waals surface area contributed by atoms with Gasteiger partial charge in [-0.3, -0.25) is 14.4 Å². The van der Waals surface area contributed by atoms with Crippen LogP contribution < -0.4 is 15.7 Å². The molecule has 1 heterocycles. The van der Waals surface area contributed by atoms with E-state index in [-0.39, 0.29) is 5.56 Å². The first kappa shape index (κ1) is 20.7. The molecule has 2 aromatic carbocycles. The van der Waals surface area contributed by atoms with E-state index in [1.165, 1.54) is 23.8 Å². The van der Waals surface area contributed by atoms with Crippen molar-refractivity contribution in [1.82, 2.24) is 9.99 Å². The van der Waals surface area contributed by atoms with Gasteiger partial charge in [-0.1, -0.05) is 29.8 Å². The van der Waals surface area contributed by atoms with Crippen LogP contribution in [0.5, 0.6) is 5.75 Å². The van der Waals surface area contributed by atoms with Crippen molar-refractivity contribution in [3.63, 3.8) is 0 Å². The van der Waals surface area contributed by atoms with Gasteiger partial charge < -0.3 is 9.30 Å². The van der Waals surface area contributed by atoms with Crippen molar-refractivity contribution in [2.75, 3.05) is 0 Å². The molecule has 152 valence electrons. The van der Waals surface area contributed by atoms with Crippen LogP contribution in [-0.4, -0.2) is 22.7 Å². The maximum absolute atomic E-state index is 12.7. The number of amides is 1. The third-order valence-electron chi connectivity index (χ3n) is 4.22. The first-order valence-corrected chi connectivity index (χ1v) is 9.29. The van der Waals surface area contributed by atoms with Crippen LogP contribution >= 0.6 is 0 Å². The minimum atomic E-state index is -0.591. The van der Waals surface area contributed by atoms with Gasteiger partial charge >= 0.3 is 5.97 Å². The normalized spacial score (nSPS) is 10.7. The lowest BCUT2D eigenvalue weighted by Crippen LogP contribution is -2.30. The summed E-state index contributed by atoms with van der Waals surface area (Å²) < 4.78 is 6.44. The summed E-state index contributed by atoms with van der Waals surface area (Å²) in [6.45, 7) is 3.68. The molecule has 0 atom stereocenters. The van der Waals surface area contributed by atoms with Gasteiger partial charge in [-0.25, -0.2) is 5.43 Å². The second kappa shape index (κ2) is 9.47. The van der Waals surface area contributed by atoms with E-state index >= 15 is 0 Å². The van der Waals surface area contributed by atoms with E-state index in [0.29, 0.717) is 17.9 Å². The van der Waals surface area contributed by atoms with E-state index in [1.54, 1.807) is 36.5 Å². The number of aromatic nitrogens is 1. The number of hydrogen-bond acceptors (Lipinski definition) is 5. The number of pyridine rings is 1. The second-order valence-corrected chi connectivity index (χ2v) is 6.71. The average Bonchev–Trinajstić information content (AvgIpc) is 2.70. The smallest absolute Gasteiger partial charge is 0.308 e. The minimum absolute atomic E-state index is 0.00695. The number of esters is 1. The molecule has 0 fully saturated rings. The second-order valence-electron chi connectivity index (χ2n) is 6.71. The Labute approximate surface area is 173 Å². The van der Waals surface area contributed by atoms with E-state index in [9.17, 15) is 14.4 Å². The van der Waals surface area contributed by atoms with Crippen LogP contribution in [-0.2, 0) is 11.3 Å². The summed E-state index contributed by atoms with van der Waals surface area (Å²) in [7, 11) is 0. The third-order valence-corrected chi connectivity index (χ3v) is 4.22. The van der Waals surface area contributed by atoms with Gasteiger partial charge in [0.05, 0.1) is 12.8 Å². The van der Waals surface area contributed by atoms with Gasteiger partial charge in [-0.05, 0) is 54.4 Å². The molecule has 0 aliphatic heterocycles. The maximum atomic E-state index is 12.7. The average molecular weight is 403 g/mol. The van der Waals surface area contributed by atoms with Crippen molar-refractivity contribution in [1.29, 1.82) is 0 Å². The Morgan fingerprint density at radius 3 is 2.57 bits per heavy atom. The summed E-state index contributed by atoms with van der Waals surface area (Å²) in [4.78, 5) is 36.0. The zero-order valence-electron chi connectivity index (χ0n) is 16.7. The fraction of sp³-hybridized carbons (Fsp3) is 0.130. The van der Waals surface area contributed by atoms with Crippen molar-refractivity contribution in [2.45, 2.75) is 20.4 Å². The Balaban J connectivity index is 1.67. The van der Waals surface area contributed by atoms with Crippen LogP contribution in [0.25, 0.3) is 0 Å². The van der Waals surface area contributed by atoms with Crippen LogP contribution in [0.2, 0.25) is 0 Å². The molecule has 0 aliphatic carbocycles. The number of aryl methyl sites for hydroxylation is 1. The highest BCUT2D eigenvalue weighted by Gasteiger charge is 2.11. The Hall–Kier alpha value is -4.00. The topological polar surface area (TPSA) is 89.8 Å². The van der Waals surface area contributed by atoms with Crippen LogP contribution in [0.3, 0.4) is 0 Å². The van der Waals surface area contributed by atoms with E-state index in [4.69, 9.17) is 4.74 Å². The molecule has 1 N–H and O–H groups in total. The van der Waals surface area contributed by atoms with Gasteiger partial charge in [-0.2, -0.15) is 5.10 Å². The molecular formula is C23H21N3O4. The molecule has 0 radical (unpaired) electrons. The lowest BCUT2D eigenvalue weighted by Gasteiger charge is -2.08. The molecule has 0 spiro atoms. The largest absolute Gasteiger partial charge is 0.427 e. The number of nitrogens with one attached hydrogen (secondary N) is 1. The molecule has 7 nitrogen and oxygen atoms in total. The van der Waals surface area contributed by atoms with Gasteiger partial charge in [0, 0.05) is 13.1 Å². The summed E-state index contributed by atoms with van der Waals surface area (Å²) in [5.74, 6) is -0.576. The van der Waals surface area contributed by atoms with Gasteiger partial charge in [-0.15, -0.1) is 0 Å². The Kier molecular flexibility index (Phi) is 6.54. The highest BCUT2D eigenvalue weighted by Crippen LogP contribution is 2.11. The predicted octanol–water partition coefficient (Wildman–Crippen LogP) is 2.89. The Bertz CT molecular complexity index is 1150. The standard InChI is InChI=1S/C23H21N3O4/c1-16-5-3-6-19(13-16)15-26-12-4-7-21(23(26)29)22(28)25-24-14-18-8-10-20(11-9-18)30-17(2)27/h3-14H,15H2,1-2H3,(H,25,28)/b24-14-. The number of rotatable bonds is 6. The SMILES string of the molecule is CC(=O)Oc1ccc(/C=N\NC(=O)c2cccn(Cc3cccc(C)c3)c2=O)cc1. The number of carbonyl (C=O) groups is 2. The summed E-state index contributed by atoms with van der Waals surface area (Å²) in [6, 6.07) is 17.6. The highest BCUT2D eigenvalue weighted by molar-refractivity contribution is 5.94. The number of carbonyl (C=O) groups excluding carboxylic acids is 2. The molecule has 0 unspecified atom stereocenters. The van der Waals surface area contributed by atoms with Gasteiger partial charge in [0.25, 0.3) is 11.5 Å². The van der Waals surface area contributed by atoms with E-state index in [0.717, 1.165) is 11.1 Å². The molecule has 3 rings (SSSR count). The van der Waals surface area contributed by atoms with Gasteiger partial charge in [0.15, 0.2) is 0 Å². The number of hydrogen-bond donors (Lipinski definition) is 1. The number of ether oxygens (including phenoxy) is 1. The maximum Gasteiger partial charge on any atom is 0.308 e. The summed E-state index contributed by atoms with van der Waals surface area (Å²) >= 11 is 0. The predicted molar refractivity (Wildman–Crippen MR) is 114 cm³/mol. The fourth-order valence-electron chi connectivity index (χ4n) is 2.85. The van der Waals surface area contributed by atoms with E-state index < -0.39 is 17.4 Å². The quantitative estimate of drug-likeness (QED) is 0.297. The summed E-state index contributed by atoms with van der Waals surface area (Å²) in [6.07, 6.45) is 3.08. The van der Waals surface area contributed by atoms with Crippen molar-refractivity contribution in [2.24, 2.45) is 5.10 Å². The number of hydrazone groups is 1. The van der Waals surface area contributed by atoms with Crippen molar-refractivity contribution >= 4 is 18.1 Å². The molecule has 30 heavy (non-hydrogen) atoms. The van der Waals surface area contributed by atoms with Gasteiger partial charge in [0.2, 0.25) is 0 Å². The fourth-order valence-corrected chi connectivity index (χ4v) is 2.85. The molecule has 0 bridgehead atoms. The monoisotopic (exact) mass is 403 g/mol. The van der Waals surface area contributed by atoms with Crippen molar-refractivity contribution in [3.05, 3.63) is 99.5 Å². The van der Waals surface area contributed by atoms with Crippen LogP contribution in [0.4, 0.5) is 0 Å². The third kappa shape index (κ3) is 5.51. The lowest BCUT2D eigenvalue weighted by atomic mass is 10.1. The first-order chi connectivity index (χ1) is 14.4. The summed E-state index contributed by atoms with van der Waals surface area (Å²) in [5, 5.41) is 3.89. The number of benzene rings is 2. The molecule has 0 aliphatic rings. The molecule has 1 amide bonds. The molecule has 0 saturated heterocycles. The zero-order chi connectivity index (χ0) is 21.5. The molecular weight excluding hydrogens is 382 g/mol. The van der Waals surface area contributed by atoms with Crippen LogP contribution in [0.1, 0.15) is 34.0 Å². The van der Waals surface area contributed by atoms with Crippen LogP contribution in [0.15, 0.2) is 76.8 Å². The summed E-state index contributed by atoms with van der Waals surface area (Å²) in [5.41, 5.74) is 4.75. The number of nitrogens with zero attached hydrogens (tertiary/aromatic N) is 2.